The summed E-state index contributed by atoms with van der Waals surface area (Å²) in [5.41, 5.74) is 2.50. The van der Waals surface area contributed by atoms with Crippen molar-refractivity contribution in [3.63, 3.8) is 0 Å². The Bertz CT molecular complexity index is 704. The zero-order chi connectivity index (χ0) is 17.8. The van der Waals surface area contributed by atoms with Crippen LogP contribution in [0.5, 0.6) is 0 Å². The molecule has 0 N–H and O–H groups in total. The molecule has 5 heteroatoms. The summed E-state index contributed by atoms with van der Waals surface area (Å²) in [6.07, 6.45) is 3.68. The molecule has 0 spiro atoms. The van der Waals surface area contributed by atoms with E-state index in [0.29, 0.717) is 0 Å². The lowest BCUT2D eigenvalue weighted by Crippen LogP contribution is -2.47. The van der Waals surface area contributed by atoms with Crippen LogP contribution in [0.3, 0.4) is 0 Å². The van der Waals surface area contributed by atoms with Gasteiger partial charge in [0.25, 0.3) is 0 Å². The first kappa shape index (κ1) is 17.3. The second-order valence-corrected chi connectivity index (χ2v) is 7.43. The van der Waals surface area contributed by atoms with Gasteiger partial charge in [0, 0.05) is 57.6 Å². The van der Waals surface area contributed by atoms with Gasteiger partial charge in [-0.25, -0.2) is 4.98 Å². The third-order valence-corrected chi connectivity index (χ3v) is 5.47. The Hall–Kier alpha value is -2.14. The molecule has 5 nitrogen and oxygen atoms in total. The topological polar surface area (TPSA) is 35.5 Å². The van der Waals surface area contributed by atoms with E-state index in [0.717, 1.165) is 69.7 Å². The van der Waals surface area contributed by atoms with Crippen molar-refractivity contribution < 1.29 is 0 Å². The van der Waals surface area contributed by atoms with Gasteiger partial charge in [0.05, 0.1) is 0 Å². The third kappa shape index (κ3) is 4.15. The second-order valence-electron chi connectivity index (χ2n) is 7.43. The van der Waals surface area contributed by atoms with E-state index in [-0.39, 0.29) is 0 Å². The first-order valence-electron chi connectivity index (χ1n) is 9.90. The van der Waals surface area contributed by atoms with Crippen molar-refractivity contribution in [1.82, 2.24) is 14.9 Å². The molecular formula is C21H29N5. The van der Waals surface area contributed by atoms with Gasteiger partial charge in [0.15, 0.2) is 0 Å². The van der Waals surface area contributed by atoms with Gasteiger partial charge in [0.1, 0.15) is 5.82 Å². The molecule has 1 aromatic carbocycles. The second kappa shape index (κ2) is 8.04. The minimum Gasteiger partial charge on any atom is -0.356 e. The average molecular weight is 351 g/mol. The van der Waals surface area contributed by atoms with Crippen LogP contribution < -0.4 is 9.80 Å². The fourth-order valence-corrected chi connectivity index (χ4v) is 3.89. The highest BCUT2D eigenvalue weighted by Gasteiger charge is 2.21. The SMILES string of the molecule is Cc1cc(N2CCCC2)nc(N2CCN(CCc3ccccc3)CC2)n1. The van der Waals surface area contributed by atoms with Crippen molar-refractivity contribution >= 4 is 11.8 Å². The maximum absolute atomic E-state index is 4.88. The molecule has 3 heterocycles. The molecule has 2 aliphatic heterocycles. The van der Waals surface area contributed by atoms with Gasteiger partial charge in [-0.3, -0.25) is 4.90 Å². The molecule has 2 fully saturated rings. The van der Waals surface area contributed by atoms with Crippen LogP contribution in [0.15, 0.2) is 36.4 Å². The fraction of sp³-hybridized carbons (Fsp3) is 0.524. The monoisotopic (exact) mass is 351 g/mol. The summed E-state index contributed by atoms with van der Waals surface area (Å²) in [5.74, 6) is 2.02. The van der Waals surface area contributed by atoms with Crippen LogP contribution in [0.25, 0.3) is 0 Å². The molecule has 0 atom stereocenters. The van der Waals surface area contributed by atoms with E-state index < -0.39 is 0 Å². The van der Waals surface area contributed by atoms with E-state index in [1.807, 2.05) is 0 Å². The van der Waals surface area contributed by atoms with Gasteiger partial charge in [0.2, 0.25) is 5.95 Å². The number of hydrogen-bond acceptors (Lipinski definition) is 5. The molecule has 2 saturated heterocycles. The van der Waals surface area contributed by atoms with Crippen LogP contribution in [0.1, 0.15) is 24.1 Å². The van der Waals surface area contributed by atoms with Gasteiger partial charge in [-0.05, 0) is 31.7 Å². The highest BCUT2D eigenvalue weighted by Crippen LogP contribution is 2.22. The number of piperazine rings is 1. The number of nitrogens with zero attached hydrogens (tertiary/aromatic N) is 5. The quantitative estimate of drug-likeness (QED) is 0.828. The summed E-state index contributed by atoms with van der Waals surface area (Å²) >= 11 is 0. The van der Waals surface area contributed by atoms with Crippen molar-refractivity contribution in [3.8, 4) is 0 Å². The zero-order valence-corrected chi connectivity index (χ0v) is 15.8. The number of aryl methyl sites for hydroxylation is 1. The summed E-state index contributed by atoms with van der Waals surface area (Å²) in [7, 11) is 0. The largest absolute Gasteiger partial charge is 0.356 e. The summed E-state index contributed by atoms with van der Waals surface area (Å²) in [6, 6.07) is 12.9. The van der Waals surface area contributed by atoms with E-state index in [9.17, 15) is 0 Å². The van der Waals surface area contributed by atoms with Crippen LogP contribution in [0, 0.1) is 6.92 Å². The fourth-order valence-electron chi connectivity index (χ4n) is 3.89. The first-order valence-corrected chi connectivity index (χ1v) is 9.90. The predicted octanol–water partition coefficient (Wildman–Crippen LogP) is 2.75. The summed E-state index contributed by atoms with van der Waals surface area (Å²) in [6.45, 7) is 9.67. The molecule has 0 amide bonds. The molecule has 26 heavy (non-hydrogen) atoms. The Balaban J connectivity index is 1.34. The van der Waals surface area contributed by atoms with E-state index in [1.54, 1.807) is 0 Å². The minimum atomic E-state index is 0.912. The first-order chi connectivity index (χ1) is 12.8. The number of rotatable bonds is 5. The van der Waals surface area contributed by atoms with Crippen molar-refractivity contribution in [2.75, 3.05) is 55.6 Å². The van der Waals surface area contributed by atoms with Crippen LogP contribution in [0.2, 0.25) is 0 Å². The van der Waals surface area contributed by atoms with Crippen LogP contribution in [-0.2, 0) is 6.42 Å². The Labute approximate surface area is 156 Å². The molecule has 0 radical (unpaired) electrons. The lowest BCUT2D eigenvalue weighted by atomic mass is 10.1. The molecule has 4 rings (SSSR count). The number of hydrogen-bond donors (Lipinski definition) is 0. The molecular weight excluding hydrogens is 322 g/mol. The highest BCUT2D eigenvalue weighted by atomic mass is 15.3. The standard InChI is InChI=1S/C21H29N5/c1-18-17-20(25-10-5-6-11-25)23-21(22-18)26-15-13-24(14-16-26)12-9-19-7-3-2-4-8-19/h2-4,7-8,17H,5-6,9-16H2,1H3. The number of anilines is 2. The Morgan fingerprint density at radius 3 is 2.31 bits per heavy atom. The van der Waals surface area contributed by atoms with Gasteiger partial charge >= 0.3 is 0 Å². The van der Waals surface area contributed by atoms with Gasteiger partial charge in [-0.1, -0.05) is 30.3 Å². The number of aromatic nitrogens is 2. The van der Waals surface area contributed by atoms with Crippen molar-refractivity contribution in [2.45, 2.75) is 26.2 Å². The predicted molar refractivity (Wildman–Crippen MR) is 107 cm³/mol. The Kier molecular flexibility index (Phi) is 5.34. The van der Waals surface area contributed by atoms with Crippen LogP contribution in [0.4, 0.5) is 11.8 Å². The lowest BCUT2D eigenvalue weighted by molar-refractivity contribution is 0.260. The molecule has 2 aliphatic rings. The smallest absolute Gasteiger partial charge is 0.227 e. The van der Waals surface area contributed by atoms with Crippen molar-refractivity contribution in [3.05, 3.63) is 47.7 Å². The molecule has 0 aliphatic carbocycles. The third-order valence-electron chi connectivity index (χ3n) is 5.47. The van der Waals surface area contributed by atoms with Crippen LogP contribution >= 0.6 is 0 Å². The maximum atomic E-state index is 4.88. The van der Waals surface area contributed by atoms with Crippen molar-refractivity contribution in [2.24, 2.45) is 0 Å². The van der Waals surface area contributed by atoms with Gasteiger partial charge in [-0.15, -0.1) is 0 Å². The van der Waals surface area contributed by atoms with Gasteiger partial charge in [-0.2, -0.15) is 4.98 Å². The molecule has 0 saturated carbocycles. The minimum absolute atomic E-state index is 0.912. The van der Waals surface area contributed by atoms with Crippen LogP contribution in [-0.4, -0.2) is 60.7 Å². The van der Waals surface area contributed by atoms with E-state index >= 15 is 0 Å². The molecule has 2 aromatic rings. The Morgan fingerprint density at radius 1 is 0.846 bits per heavy atom. The average Bonchev–Trinajstić information content (AvgIpc) is 3.22. The molecule has 0 bridgehead atoms. The summed E-state index contributed by atoms with van der Waals surface area (Å²) < 4.78 is 0. The van der Waals surface area contributed by atoms with Gasteiger partial charge < -0.3 is 9.80 Å². The molecule has 138 valence electrons. The molecule has 0 unspecified atom stereocenters. The van der Waals surface area contributed by atoms with Crippen molar-refractivity contribution in [1.29, 1.82) is 0 Å². The summed E-state index contributed by atoms with van der Waals surface area (Å²) in [4.78, 5) is 16.9. The summed E-state index contributed by atoms with van der Waals surface area (Å²) in [5, 5.41) is 0. The van der Waals surface area contributed by atoms with E-state index in [4.69, 9.17) is 9.97 Å². The van der Waals surface area contributed by atoms with E-state index in [2.05, 4.69) is 58.0 Å². The van der Waals surface area contributed by atoms with E-state index in [1.165, 1.54) is 18.4 Å². The Morgan fingerprint density at radius 2 is 1.58 bits per heavy atom. The lowest BCUT2D eigenvalue weighted by Gasteiger charge is -2.35. The maximum Gasteiger partial charge on any atom is 0.227 e. The highest BCUT2D eigenvalue weighted by molar-refractivity contribution is 5.46. The normalized spacial score (nSPS) is 18.5. The number of benzene rings is 1. The zero-order valence-electron chi connectivity index (χ0n) is 15.8. The molecule has 1 aromatic heterocycles.